The van der Waals surface area contributed by atoms with Gasteiger partial charge >= 0.3 is 0 Å². The molecule has 84 valence electrons. The Bertz CT molecular complexity index is 314. The molecule has 0 bridgehead atoms. The summed E-state index contributed by atoms with van der Waals surface area (Å²) in [6.07, 6.45) is 2.09. The highest BCUT2D eigenvalue weighted by atomic mass is 35.5. The van der Waals surface area contributed by atoms with Crippen molar-refractivity contribution in [2.45, 2.75) is 25.7 Å². The molecule has 2 N–H and O–H groups in total. The zero-order valence-corrected chi connectivity index (χ0v) is 10.1. The molecular weight excluding hydrogens is 210 g/mol. The van der Waals surface area contributed by atoms with Crippen molar-refractivity contribution in [3.63, 3.8) is 0 Å². The molecule has 0 heterocycles. The first-order valence-electron chi connectivity index (χ1n) is 5.22. The van der Waals surface area contributed by atoms with Crippen LogP contribution in [0.1, 0.15) is 31.2 Å². The molecule has 0 fully saturated rings. The first kappa shape index (κ1) is 12.3. The highest BCUT2D eigenvalue weighted by molar-refractivity contribution is 6.30. The Kier molecular flexibility index (Phi) is 4.92. The van der Waals surface area contributed by atoms with E-state index in [1.54, 1.807) is 7.11 Å². The molecule has 0 aliphatic carbocycles. The lowest BCUT2D eigenvalue weighted by Crippen LogP contribution is -2.03. The second-order valence-electron chi connectivity index (χ2n) is 3.72. The van der Waals surface area contributed by atoms with E-state index in [-0.39, 0.29) is 0 Å². The standard InChI is InChI=1S/C12H18ClNO/c1-9(4-3-7-14)11-8-10(13)5-6-12(11)15-2/h5-6,8-9H,3-4,7,14H2,1-2H3. The zero-order valence-electron chi connectivity index (χ0n) is 9.29. The van der Waals surface area contributed by atoms with Crippen LogP contribution in [0.5, 0.6) is 5.75 Å². The van der Waals surface area contributed by atoms with Crippen molar-refractivity contribution in [3.8, 4) is 5.75 Å². The molecule has 1 rings (SSSR count). The SMILES string of the molecule is COc1ccc(Cl)cc1C(C)CCCN. The van der Waals surface area contributed by atoms with Gasteiger partial charge in [0.2, 0.25) is 0 Å². The Labute approximate surface area is 96.4 Å². The van der Waals surface area contributed by atoms with Crippen molar-refractivity contribution < 1.29 is 4.74 Å². The van der Waals surface area contributed by atoms with Crippen molar-refractivity contribution in [1.29, 1.82) is 0 Å². The molecule has 0 radical (unpaired) electrons. The van der Waals surface area contributed by atoms with E-state index in [0.29, 0.717) is 5.92 Å². The summed E-state index contributed by atoms with van der Waals surface area (Å²) in [5, 5.41) is 0.755. The van der Waals surface area contributed by atoms with Gasteiger partial charge in [-0.25, -0.2) is 0 Å². The number of halogens is 1. The molecule has 0 aromatic heterocycles. The fourth-order valence-electron chi connectivity index (χ4n) is 1.67. The molecule has 0 aliphatic rings. The van der Waals surface area contributed by atoms with Gasteiger partial charge in [-0.15, -0.1) is 0 Å². The third kappa shape index (κ3) is 3.40. The monoisotopic (exact) mass is 227 g/mol. The largest absolute Gasteiger partial charge is 0.496 e. The maximum atomic E-state index is 5.97. The van der Waals surface area contributed by atoms with Crippen molar-refractivity contribution in [2.24, 2.45) is 5.73 Å². The summed E-state index contributed by atoms with van der Waals surface area (Å²) in [7, 11) is 1.68. The summed E-state index contributed by atoms with van der Waals surface area (Å²) in [6, 6.07) is 5.73. The third-order valence-corrected chi connectivity index (χ3v) is 2.80. The first-order chi connectivity index (χ1) is 7.19. The van der Waals surface area contributed by atoms with Gasteiger partial charge in [0.25, 0.3) is 0 Å². The molecule has 0 saturated heterocycles. The minimum Gasteiger partial charge on any atom is -0.496 e. The smallest absolute Gasteiger partial charge is 0.122 e. The highest BCUT2D eigenvalue weighted by Gasteiger charge is 2.11. The van der Waals surface area contributed by atoms with E-state index in [9.17, 15) is 0 Å². The number of hydrogen-bond acceptors (Lipinski definition) is 2. The van der Waals surface area contributed by atoms with Crippen LogP contribution in [0, 0.1) is 0 Å². The van der Waals surface area contributed by atoms with Gasteiger partial charge in [-0.2, -0.15) is 0 Å². The summed E-state index contributed by atoms with van der Waals surface area (Å²) in [6.45, 7) is 2.90. The lowest BCUT2D eigenvalue weighted by atomic mass is 9.95. The predicted molar refractivity (Wildman–Crippen MR) is 64.7 cm³/mol. The minimum atomic E-state index is 0.433. The first-order valence-corrected chi connectivity index (χ1v) is 5.60. The van der Waals surface area contributed by atoms with Crippen molar-refractivity contribution in [3.05, 3.63) is 28.8 Å². The quantitative estimate of drug-likeness (QED) is 0.839. The summed E-state index contributed by atoms with van der Waals surface area (Å²) in [4.78, 5) is 0. The van der Waals surface area contributed by atoms with Crippen molar-refractivity contribution in [1.82, 2.24) is 0 Å². The van der Waals surface area contributed by atoms with E-state index in [1.807, 2.05) is 18.2 Å². The molecule has 3 heteroatoms. The van der Waals surface area contributed by atoms with Gasteiger partial charge in [0.15, 0.2) is 0 Å². The van der Waals surface area contributed by atoms with Crippen molar-refractivity contribution >= 4 is 11.6 Å². The van der Waals surface area contributed by atoms with Crippen molar-refractivity contribution in [2.75, 3.05) is 13.7 Å². The summed E-state index contributed by atoms with van der Waals surface area (Å²) in [5.41, 5.74) is 6.66. The van der Waals surface area contributed by atoms with Crippen LogP contribution in [-0.4, -0.2) is 13.7 Å². The molecule has 15 heavy (non-hydrogen) atoms. The van der Waals surface area contributed by atoms with Gasteiger partial charge in [0.1, 0.15) is 5.75 Å². The lowest BCUT2D eigenvalue weighted by Gasteiger charge is -2.15. The Hall–Kier alpha value is -0.730. The maximum Gasteiger partial charge on any atom is 0.122 e. The van der Waals surface area contributed by atoms with Crippen LogP contribution in [0.2, 0.25) is 5.02 Å². The number of methoxy groups -OCH3 is 1. The van der Waals surface area contributed by atoms with E-state index in [1.165, 1.54) is 5.56 Å². The second kappa shape index (κ2) is 5.99. The van der Waals surface area contributed by atoms with Gasteiger partial charge in [-0.3, -0.25) is 0 Å². The number of hydrogen-bond donors (Lipinski definition) is 1. The van der Waals surface area contributed by atoms with Gasteiger partial charge < -0.3 is 10.5 Å². The van der Waals surface area contributed by atoms with Crippen LogP contribution in [0.15, 0.2) is 18.2 Å². The number of benzene rings is 1. The van der Waals surface area contributed by atoms with Crippen LogP contribution in [0.3, 0.4) is 0 Å². The molecule has 0 spiro atoms. The topological polar surface area (TPSA) is 35.2 Å². The molecule has 1 aromatic carbocycles. The van der Waals surface area contributed by atoms with Gasteiger partial charge in [-0.1, -0.05) is 18.5 Å². The fourth-order valence-corrected chi connectivity index (χ4v) is 1.85. The molecule has 1 atom stereocenters. The molecule has 0 saturated carbocycles. The average Bonchev–Trinajstić information content (AvgIpc) is 2.25. The van der Waals surface area contributed by atoms with Gasteiger partial charge in [0, 0.05) is 5.02 Å². The maximum absolute atomic E-state index is 5.97. The Balaban J connectivity index is 2.85. The highest BCUT2D eigenvalue weighted by Crippen LogP contribution is 2.31. The molecular formula is C12H18ClNO. The molecule has 1 unspecified atom stereocenters. The summed E-state index contributed by atoms with van der Waals surface area (Å²) in [5.74, 6) is 1.34. The zero-order chi connectivity index (χ0) is 11.3. The summed E-state index contributed by atoms with van der Waals surface area (Å²) >= 11 is 5.97. The van der Waals surface area contributed by atoms with Crippen LogP contribution in [-0.2, 0) is 0 Å². The number of ether oxygens (including phenoxy) is 1. The average molecular weight is 228 g/mol. The van der Waals surface area contributed by atoms with E-state index in [2.05, 4.69) is 6.92 Å². The van der Waals surface area contributed by atoms with Crippen LogP contribution in [0.4, 0.5) is 0 Å². The normalized spacial score (nSPS) is 12.5. The van der Waals surface area contributed by atoms with E-state index < -0.39 is 0 Å². The Morgan fingerprint density at radius 1 is 1.47 bits per heavy atom. The van der Waals surface area contributed by atoms with Crippen LogP contribution < -0.4 is 10.5 Å². The predicted octanol–water partition coefficient (Wildman–Crippen LogP) is 3.19. The molecule has 2 nitrogen and oxygen atoms in total. The van der Waals surface area contributed by atoms with E-state index in [0.717, 1.165) is 30.2 Å². The number of nitrogens with two attached hydrogens (primary N) is 1. The minimum absolute atomic E-state index is 0.433. The van der Waals surface area contributed by atoms with Gasteiger partial charge in [0.05, 0.1) is 7.11 Å². The van der Waals surface area contributed by atoms with Crippen LogP contribution >= 0.6 is 11.6 Å². The van der Waals surface area contributed by atoms with E-state index >= 15 is 0 Å². The number of rotatable bonds is 5. The Morgan fingerprint density at radius 2 is 2.20 bits per heavy atom. The molecule has 0 aliphatic heterocycles. The fraction of sp³-hybridized carbons (Fsp3) is 0.500. The second-order valence-corrected chi connectivity index (χ2v) is 4.15. The van der Waals surface area contributed by atoms with E-state index in [4.69, 9.17) is 22.1 Å². The van der Waals surface area contributed by atoms with Gasteiger partial charge in [-0.05, 0) is 49.1 Å². The Morgan fingerprint density at radius 3 is 2.80 bits per heavy atom. The molecule has 1 aromatic rings. The van der Waals surface area contributed by atoms with Crippen LogP contribution in [0.25, 0.3) is 0 Å². The molecule has 0 amide bonds. The lowest BCUT2D eigenvalue weighted by molar-refractivity contribution is 0.405. The third-order valence-electron chi connectivity index (χ3n) is 2.56. The summed E-state index contributed by atoms with van der Waals surface area (Å²) < 4.78 is 5.31.